The molecule has 2 heterocycles. The predicted molar refractivity (Wildman–Crippen MR) is 98.8 cm³/mol. The third kappa shape index (κ3) is 3.29. The van der Waals surface area contributed by atoms with Gasteiger partial charge in [0.2, 0.25) is 5.88 Å². The molecule has 0 aliphatic rings. The number of methoxy groups -OCH3 is 1. The molecule has 134 valence electrons. The van der Waals surface area contributed by atoms with E-state index in [1.54, 1.807) is 38.7 Å². The molecule has 0 spiro atoms. The first-order valence-corrected chi connectivity index (χ1v) is 8.07. The standard InChI is InChI=1S/C19H20N4O3/c1-19(2,18(24)23-25)12-4-6-13(7-5-12)21-15-10-11-20-17-14(15)8-9-16(22-17)26-3/h4-11,25H,1-3H3,(H,23,24)(H,20,21,22). The van der Waals surface area contributed by atoms with Gasteiger partial charge in [0.05, 0.1) is 18.2 Å². The summed E-state index contributed by atoms with van der Waals surface area (Å²) in [6.07, 6.45) is 1.68. The first-order chi connectivity index (χ1) is 12.5. The van der Waals surface area contributed by atoms with Gasteiger partial charge in [-0.15, -0.1) is 0 Å². The largest absolute Gasteiger partial charge is 0.481 e. The summed E-state index contributed by atoms with van der Waals surface area (Å²) in [6.45, 7) is 3.49. The van der Waals surface area contributed by atoms with E-state index in [0.717, 1.165) is 22.3 Å². The van der Waals surface area contributed by atoms with Gasteiger partial charge in [-0.25, -0.2) is 10.5 Å². The Balaban J connectivity index is 1.88. The predicted octanol–water partition coefficient (Wildman–Crippen LogP) is 3.17. The summed E-state index contributed by atoms with van der Waals surface area (Å²) in [5.74, 6) is 0.0502. The van der Waals surface area contributed by atoms with Crippen LogP contribution in [0.1, 0.15) is 19.4 Å². The number of amides is 1. The Bertz CT molecular complexity index is 939. The SMILES string of the molecule is COc1ccc2c(Nc3ccc(C(C)(C)C(=O)NO)cc3)ccnc2n1. The Morgan fingerprint density at radius 3 is 2.50 bits per heavy atom. The van der Waals surface area contributed by atoms with Crippen LogP contribution in [0.2, 0.25) is 0 Å². The molecule has 0 radical (unpaired) electrons. The molecule has 0 aliphatic carbocycles. The van der Waals surface area contributed by atoms with Gasteiger partial charge < -0.3 is 10.1 Å². The maximum Gasteiger partial charge on any atom is 0.253 e. The van der Waals surface area contributed by atoms with Crippen LogP contribution < -0.4 is 15.5 Å². The van der Waals surface area contributed by atoms with Crippen molar-refractivity contribution in [2.75, 3.05) is 12.4 Å². The highest BCUT2D eigenvalue weighted by atomic mass is 16.5. The van der Waals surface area contributed by atoms with E-state index in [9.17, 15) is 4.79 Å². The first kappa shape index (κ1) is 17.6. The molecule has 26 heavy (non-hydrogen) atoms. The van der Waals surface area contributed by atoms with Crippen molar-refractivity contribution in [1.82, 2.24) is 15.4 Å². The Hall–Kier alpha value is -3.19. The number of nitrogens with one attached hydrogen (secondary N) is 2. The lowest BCUT2D eigenvalue weighted by molar-refractivity contribution is -0.134. The van der Waals surface area contributed by atoms with Crippen LogP contribution in [0.5, 0.6) is 5.88 Å². The van der Waals surface area contributed by atoms with Gasteiger partial charge in [-0.1, -0.05) is 12.1 Å². The van der Waals surface area contributed by atoms with Crippen molar-refractivity contribution >= 4 is 28.3 Å². The number of hydroxylamine groups is 1. The van der Waals surface area contributed by atoms with E-state index >= 15 is 0 Å². The number of carbonyl (C=O) groups is 1. The zero-order valence-electron chi connectivity index (χ0n) is 14.8. The summed E-state index contributed by atoms with van der Waals surface area (Å²) >= 11 is 0. The van der Waals surface area contributed by atoms with E-state index in [1.807, 2.05) is 36.4 Å². The molecule has 3 N–H and O–H groups in total. The molecule has 0 bridgehead atoms. The molecule has 0 unspecified atom stereocenters. The fraction of sp³-hybridized carbons (Fsp3) is 0.211. The number of rotatable bonds is 5. The van der Waals surface area contributed by atoms with E-state index < -0.39 is 11.3 Å². The smallest absolute Gasteiger partial charge is 0.253 e. The topological polar surface area (TPSA) is 96.4 Å². The van der Waals surface area contributed by atoms with Crippen molar-refractivity contribution in [2.45, 2.75) is 19.3 Å². The zero-order chi connectivity index (χ0) is 18.7. The van der Waals surface area contributed by atoms with E-state index in [1.165, 1.54) is 0 Å². The molecule has 1 amide bonds. The van der Waals surface area contributed by atoms with Gasteiger partial charge >= 0.3 is 0 Å². The number of hydrogen-bond donors (Lipinski definition) is 3. The van der Waals surface area contributed by atoms with Crippen LogP contribution in [-0.2, 0) is 10.2 Å². The minimum absolute atomic E-state index is 0.460. The first-order valence-electron chi connectivity index (χ1n) is 8.07. The molecule has 0 fully saturated rings. The quantitative estimate of drug-likeness (QED) is 0.482. The van der Waals surface area contributed by atoms with Crippen molar-refractivity contribution in [3.63, 3.8) is 0 Å². The molecule has 2 aromatic heterocycles. The number of fused-ring (bicyclic) bond motifs is 1. The zero-order valence-corrected chi connectivity index (χ0v) is 14.8. The lowest BCUT2D eigenvalue weighted by Gasteiger charge is -2.22. The van der Waals surface area contributed by atoms with Gasteiger partial charge in [0.25, 0.3) is 5.91 Å². The van der Waals surface area contributed by atoms with E-state index in [-0.39, 0.29) is 0 Å². The average Bonchev–Trinajstić information content (AvgIpc) is 2.67. The van der Waals surface area contributed by atoms with Crippen LogP contribution in [0, 0.1) is 0 Å². The molecular weight excluding hydrogens is 332 g/mol. The molecule has 0 atom stereocenters. The van der Waals surface area contributed by atoms with Crippen LogP contribution >= 0.6 is 0 Å². The van der Waals surface area contributed by atoms with Crippen molar-refractivity contribution in [1.29, 1.82) is 0 Å². The number of benzene rings is 1. The number of carbonyl (C=O) groups excluding carboxylic acids is 1. The second-order valence-electron chi connectivity index (χ2n) is 6.35. The molecule has 0 saturated heterocycles. The van der Waals surface area contributed by atoms with Gasteiger partial charge in [0, 0.05) is 23.3 Å². The van der Waals surface area contributed by atoms with Crippen molar-refractivity contribution < 1.29 is 14.7 Å². The van der Waals surface area contributed by atoms with Crippen molar-refractivity contribution in [3.8, 4) is 5.88 Å². The fourth-order valence-electron chi connectivity index (χ4n) is 2.63. The van der Waals surface area contributed by atoms with Gasteiger partial charge in [0.1, 0.15) is 0 Å². The van der Waals surface area contributed by atoms with Gasteiger partial charge in [0.15, 0.2) is 5.65 Å². The summed E-state index contributed by atoms with van der Waals surface area (Å²) in [7, 11) is 1.57. The lowest BCUT2D eigenvalue weighted by Crippen LogP contribution is -2.38. The minimum atomic E-state index is -0.836. The molecular formula is C19H20N4O3. The van der Waals surface area contributed by atoms with Crippen LogP contribution in [0.3, 0.4) is 0 Å². The van der Waals surface area contributed by atoms with Crippen molar-refractivity contribution in [3.05, 3.63) is 54.2 Å². The van der Waals surface area contributed by atoms with Crippen LogP contribution in [0.15, 0.2) is 48.7 Å². The number of nitrogens with zero attached hydrogens (tertiary/aromatic N) is 2. The maximum absolute atomic E-state index is 11.8. The van der Waals surface area contributed by atoms with Crippen LogP contribution in [0.4, 0.5) is 11.4 Å². The highest BCUT2D eigenvalue weighted by molar-refractivity contribution is 5.91. The summed E-state index contributed by atoms with van der Waals surface area (Å²) in [4.78, 5) is 20.4. The second-order valence-corrected chi connectivity index (χ2v) is 6.35. The van der Waals surface area contributed by atoms with Crippen LogP contribution in [-0.4, -0.2) is 28.2 Å². The summed E-state index contributed by atoms with van der Waals surface area (Å²) in [5.41, 5.74) is 3.98. The monoisotopic (exact) mass is 352 g/mol. The molecule has 0 aliphatic heterocycles. The number of ether oxygens (including phenoxy) is 1. The number of aromatic nitrogens is 2. The van der Waals surface area contributed by atoms with Gasteiger partial charge in [-0.05, 0) is 43.7 Å². The Labute approximate surface area is 151 Å². The normalized spacial score (nSPS) is 11.2. The average molecular weight is 352 g/mol. The number of hydrogen-bond acceptors (Lipinski definition) is 6. The van der Waals surface area contributed by atoms with Crippen molar-refractivity contribution in [2.24, 2.45) is 0 Å². The third-order valence-electron chi connectivity index (χ3n) is 4.34. The fourth-order valence-corrected chi connectivity index (χ4v) is 2.63. The van der Waals surface area contributed by atoms with E-state index in [2.05, 4.69) is 15.3 Å². The van der Waals surface area contributed by atoms with Crippen LogP contribution in [0.25, 0.3) is 11.0 Å². The van der Waals surface area contributed by atoms with Gasteiger partial charge in [-0.2, -0.15) is 4.98 Å². The Morgan fingerprint density at radius 2 is 1.85 bits per heavy atom. The molecule has 7 heteroatoms. The summed E-state index contributed by atoms with van der Waals surface area (Å²) < 4.78 is 5.13. The molecule has 3 rings (SSSR count). The highest BCUT2D eigenvalue weighted by Gasteiger charge is 2.29. The third-order valence-corrected chi connectivity index (χ3v) is 4.34. The summed E-state index contributed by atoms with van der Waals surface area (Å²) in [5, 5.41) is 13.1. The van der Waals surface area contributed by atoms with E-state index in [0.29, 0.717) is 11.5 Å². The van der Waals surface area contributed by atoms with Gasteiger partial charge in [-0.3, -0.25) is 10.0 Å². The lowest BCUT2D eigenvalue weighted by atomic mass is 9.84. The highest BCUT2D eigenvalue weighted by Crippen LogP contribution is 2.28. The Kier molecular flexibility index (Phi) is 4.73. The molecule has 3 aromatic rings. The van der Waals surface area contributed by atoms with E-state index in [4.69, 9.17) is 9.94 Å². The molecule has 1 aromatic carbocycles. The number of pyridine rings is 2. The number of anilines is 2. The summed E-state index contributed by atoms with van der Waals surface area (Å²) in [6, 6.07) is 13.0. The molecule has 0 saturated carbocycles. The maximum atomic E-state index is 11.8. The molecule has 7 nitrogen and oxygen atoms in total. The minimum Gasteiger partial charge on any atom is -0.481 e. The second kappa shape index (κ2) is 6.97. The Morgan fingerprint density at radius 1 is 1.12 bits per heavy atom.